The van der Waals surface area contributed by atoms with Crippen LogP contribution in [0.3, 0.4) is 0 Å². The van der Waals surface area contributed by atoms with Crippen molar-refractivity contribution in [3.05, 3.63) is 0 Å². The normalized spacial score (nSPS) is 31.8. The average molecular weight is 389 g/mol. The maximum absolute atomic E-state index is 12.4. The topological polar surface area (TPSA) is 166 Å². The number of nitrogens with two attached hydrogens (primary N) is 1. The Labute approximate surface area is 151 Å². The summed E-state index contributed by atoms with van der Waals surface area (Å²) in [6.45, 7) is 0.162. The first-order chi connectivity index (χ1) is 12.2. The van der Waals surface area contributed by atoms with Crippen LogP contribution in [0.4, 0.5) is 4.79 Å². The van der Waals surface area contributed by atoms with Gasteiger partial charge in [0, 0.05) is 18.5 Å². The van der Waals surface area contributed by atoms with Crippen molar-refractivity contribution in [2.24, 2.45) is 11.7 Å². The van der Waals surface area contributed by atoms with E-state index in [9.17, 15) is 18.0 Å². The molecule has 12 heteroatoms. The number of rotatable bonds is 4. The SMILES string of the molecule is N=C(NC(=O)C1CCC(N)CC1)[C@@H]1CC[C@@H]2CN1C(=O)N2OS(=O)(=O)O. The molecule has 3 fully saturated rings. The first kappa shape index (κ1) is 19.0. The molecule has 1 aliphatic carbocycles. The van der Waals surface area contributed by atoms with Crippen LogP contribution in [0.1, 0.15) is 38.5 Å². The molecule has 11 nitrogen and oxygen atoms in total. The lowest BCUT2D eigenvalue weighted by Crippen LogP contribution is -2.52. The third-order valence-corrected chi connectivity index (χ3v) is 5.58. The number of piperidine rings is 1. The maximum atomic E-state index is 12.4. The third-order valence-electron chi connectivity index (χ3n) is 5.23. The molecular weight excluding hydrogens is 366 g/mol. The van der Waals surface area contributed by atoms with E-state index in [-0.39, 0.29) is 30.2 Å². The van der Waals surface area contributed by atoms with Gasteiger partial charge in [-0.05, 0) is 38.5 Å². The molecule has 26 heavy (non-hydrogen) atoms. The fourth-order valence-corrected chi connectivity index (χ4v) is 4.22. The van der Waals surface area contributed by atoms with Crippen molar-refractivity contribution in [3.63, 3.8) is 0 Å². The molecule has 2 saturated heterocycles. The number of nitrogens with zero attached hydrogens (tertiary/aromatic N) is 2. The Bertz CT molecular complexity index is 705. The standard InChI is InChI=1S/C14H23N5O6S/c15-9-3-1-8(2-4-9)13(20)17-12(16)11-6-5-10-7-18(11)14(21)19(10)25-26(22,23)24/h8-11H,1-7,15H2,(H2,16,17,20)(H,22,23,24)/t8?,9?,10-,11+/m1/s1. The van der Waals surface area contributed by atoms with Gasteiger partial charge in [-0.25, -0.2) is 4.79 Å². The van der Waals surface area contributed by atoms with Gasteiger partial charge in [0.2, 0.25) is 5.91 Å². The Hall–Kier alpha value is -1.76. The Kier molecular flexibility index (Phi) is 5.19. The van der Waals surface area contributed by atoms with Gasteiger partial charge in [0.25, 0.3) is 0 Å². The van der Waals surface area contributed by atoms with Crippen molar-refractivity contribution in [3.8, 4) is 0 Å². The van der Waals surface area contributed by atoms with E-state index in [4.69, 9.17) is 15.7 Å². The van der Waals surface area contributed by atoms with E-state index in [1.54, 1.807) is 0 Å². The lowest BCUT2D eigenvalue weighted by atomic mass is 9.86. The second-order valence-corrected chi connectivity index (χ2v) is 8.03. The van der Waals surface area contributed by atoms with Crippen LogP contribution in [0, 0.1) is 11.3 Å². The molecule has 3 rings (SSSR count). The number of urea groups is 1. The van der Waals surface area contributed by atoms with Crippen LogP contribution in [0.25, 0.3) is 0 Å². The lowest BCUT2D eigenvalue weighted by molar-refractivity contribution is -0.124. The highest BCUT2D eigenvalue weighted by Gasteiger charge is 2.48. The smallest absolute Gasteiger partial charge is 0.328 e. The number of amides is 3. The Morgan fingerprint density at radius 1 is 1.23 bits per heavy atom. The summed E-state index contributed by atoms with van der Waals surface area (Å²) in [4.78, 5) is 26.0. The Morgan fingerprint density at radius 3 is 2.50 bits per heavy atom. The molecule has 0 radical (unpaired) electrons. The van der Waals surface area contributed by atoms with Crippen molar-refractivity contribution < 1.29 is 26.8 Å². The summed E-state index contributed by atoms with van der Waals surface area (Å²) in [5, 5.41) is 11.4. The molecule has 5 N–H and O–H groups in total. The molecule has 3 aliphatic rings. The van der Waals surface area contributed by atoms with E-state index >= 15 is 0 Å². The van der Waals surface area contributed by atoms with Crippen LogP contribution >= 0.6 is 0 Å². The fraction of sp³-hybridized carbons (Fsp3) is 0.786. The molecule has 2 aliphatic heterocycles. The monoisotopic (exact) mass is 389 g/mol. The summed E-state index contributed by atoms with van der Waals surface area (Å²) in [6, 6.07) is -1.82. The largest absolute Gasteiger partial charge is 0.418 e. The van der Waals surface area contributed by atoms with Crippen LogP contribution in [-0.4, -0.2) is 65.4 Å². The van der Waals surface area contributed by atoms with Gasteiger partial charge in [0.05, 0.1) is 12.1 Å². The van der Waals surface area contributed by atoms with Gasteiger partial charge in [-0.2, -0.15) is 13.5 Å². The van der Waals surface area contributed by atoms with E-state index < -0.39 is 28.5 Å². The summed E-state index contributed by atoms with van der Waals surface area (Å²) >= 11 is 0. The number of carbonyl (C=O) groups is 2. The second-order valence-electron chi connectivity index (χ2n) is 7.02. The quantitative estimate of drug-likeness (QED) is 0.288. The van der Waals surface area contributed by atoms with E-state index in [1.165, 1.54) is 4.90 Å². The number of hydrogen-bond acceptors (Lipinski definition) is 7. The molecule has 0 unspecified atom stereocenters. The zero-order valence-electron chi connectivity index (χ0n) is 14.1. The molecule has 0 aromatic carbocycles. The van der Waals surface area contributed by atoms with Crippen LogP contribution in [-0.2, 0) is 19.5 Å². The van der Waals surface area contributed by atoms with Crippen LogP contribution < -0.4 is 11.1 Å². The van der Waals surface area contributed by atoms with Gasteiger partial charge in [0.1, 0.15) is 5.84 Å². The zero-order valence-corrected chi connectivity index (χ0v) is 14.9. The lowest BCUT2D eigenvalue weighted by Gasteiger charge is -2.32. The number of nitrogens with one attached hydrogen (secondary N) is 2. The summed E-state index contributed by atoms with van der Waals surface area (Å²) in [5.74, 6) is -0.535. The van der Waals surface area contributed by atoms with Gasteiger partial charge >= 0.3 is 16.4 Å². The number of fused-ring (bicyclic) bond motifs is 2. The second kappa shape index (κ2) is 7.10. The van der Waals surface area contributed by atoms with Crippen LogP contribution in [0.2, 0.25) is 0 Å². The Morgan fingerprint density at radius 2 is 1.88 bits per heavy atom. The summed E-state index contributed by atoms with van der Waals surface area (Å²) in [7, 11) is -4.81. The molecule has 2 bridgehead atoms. The molecule has 2 atom stereocenters. The highest BCUT2D eigenvalue weighted by molar-refractivity contribution is 7.80. The number of amidine groups is 1. The average Bonchev–Trinajstić information content (AvgIpc) is 2.79. The van der Waals surface area contributed by atoms with Crippen LogP contribution in [0.15, 0.2) is 0 Å². The summed E-state index contributed by atoms with van der Waals surface area (Å²) < 4.78 is 34.9. The van der Waals surface area contributed by atoms with Crippen molar-refractivity contribution in [2.75, 3.05) is 6.54 Å². The van der Waals surface area contributed by atoms with E-state index in [2.05, 4.69) is 9.60 Å². The van der Waals surface area contributed by atoms with Crippen molar-refractivity contribution in [1.82, 2.24) is 15.3 Å². The number of hydrogen-bond donors (Lipinski definition) is 4. The Balaban J connectivity index is 1.61. The first-order valence-electron chi connectivity index (χ1n) is 8.57. The van der Waals surface area contributed by atoms with Gasteiger partial charge in [-0.1, -0.05) is 0 Å². The third kappa shape index (κ3) is 3.98. The number of hydroxylamine groups is 2. The summed E-state index contributed by atoms with van der Waals surface area (Å²) in [5.41, 5.74) is 5.83. The highest BCUT2D eigenvalue weighted by Crippen LogP contribution is 2.31. The molecular formula is C14H23N5O6S. The van der Waals surface area contributed by atoms with Gasteiger partial charge in [-0.3, -0.25) is 14.8 Å². The minimum atomic E-state index is -4.81. The minimum Gasteiger partial charge on any atom is -0.328 e. The van der Waals surface area contributed by atoms with E-state index in [1.807, 2.05) is 0 Å². The first-order valence-corrected chi connectivity index (χ1v) is 9.94. The molecule has 0 spiro atoms. The predicted octanol–water partition coefficient (Wildman–Crippen LogP) is -0.400. The van der Waals surface area contributed by atoms with Crippen LogP contribution in [0.5, 0.6) is 0 Å². The number of carbonyl (C=O) groups excluding carboxylic acids is 2. The van der Waals surface area contributed by atoms with E-state index in [0.29, 0.717) is 30.7 Å². The maximum Gasteiger partial charge on any atom is 0.418 e. The molecule has 0 aromatic heterocycles. The van der Waals surface area contributed by atoms with Crippen molar-refractivity contribution >= 4 is 28.2 Å². The fourth-order valence-electron chi connectivity index (χ4n) is 3.83. The molecule has 0 aromatic rings. The highest BCUT2D eigenvalue weighted by atomic mass is 32.3. The molecule has 146 valence electrons. The minimum absolute atomic E-state index is 0.0922. The van der Waals surface area contributed by atoms with Crippen molar-refractivity contribution in [1.29, 1.82) is 5.41 Å². The molecule has 2 heterocycles. The summed E-state index contributed by atoms with van der Waals surface area (Å²) in [6.07, 6.45) is 3.65. The van der Waals surface area contributed by atoms with Crippen molar-refractivity contribution in [2.45, 2.75) is 56.7 Å². The molecule has 3 amide bonds. The van der Waals surface area contributed by atoms with Gasteiger partial charge < -0.3 is 16.0 Å². The zero-order chi connectivity index (χ0) is 19.1. The van der Waals surface area contributed by atoms with Gasteiger partial charge in [0.15, 0.2) is 0 Å². The van der Waals surface area contributed by atoms with E-state index in [0.717, 1.165) is 12.8 Å². The molecule has 1 saturated carbocycles. The van der Waals surface area contributed by atoms with Gasteiger partial charge in [-0.15, -0.1) is 4.28 Å². The predicted molar refractivity (Wildman–Crippen MR) is 89.2 cm³/mol.